The number of piperazine rings is 1. The lowest BCUT2D eigenvalue weighted by Crippen LogP contribution is -2.47. The molecule has 0 amide bonds. The molecule has 3 heterocycles. The first kappa shape index (κ1) is 24.9. The van der Waals surface area contributed by atoms with E-state index in [1.165, 1.54) is 12.3 Å². The highest BCUT2D eigenvalue weighted by Crippen LogP contribution is 2.38. The van der Waals surface area contributed by atoms with Crippen LogP contribution in [0.2, 0.25) is 0 Å². The highest BCUT2D eigenvalue weighted by atomic mass is 19.4. The summed E-state index contributed by atoms with van der Waals surface area (Å²) >= 11 is 0. The molecule has 2 aromatic carbocycles. The number of halogens is 6. The average molecular weight is 520 g/mol. The van der Waals surface area contributed by atoms with Gasteiger partial charge in [0, 0.05) is 44.5 Å². The molecule has 0 bridgehead atoms. The average Bonchev–Trinajstić information content (AvgIpc) is 3.32. The third-order valence-electron chi connectivity index (χ3n) is 6.38. The largest absolute Gasteiger partial charge is 0.419 e. The zero-order chi connectivity index (χ0) is 26.4. The molecule has 1 aliphatic rings. The summed E-state index contributed by atoms with van der Waals surface area (Å²) in [6.45, 7) is 1.39. The number of alkyl halides is 6. The monoisotopic (exact) mass is 520 g/mol. The molecule has 0 atom stereocenters. The van der Waals surface area contributed by atoms with Crippen LogP contribution in [0, 0.1) is 0 Å². The standard InChI is InChI=1S/C25H22F6N6/c26-24(27,28)17-12-18(16-5-3-15(14-32)4-6-16)21-20(13-17)34-23(35-21)37-10-8-36(9-11-37)22-19(25(29,30)31)2-1-7-33-22/h1-7,12-13H,8-11,14,32H2,(H,34,35). The van der Waals surface area contributed by atoms with E-state index in [9.17, 15) is 26.3 Å². The van der Waals surface area contributed by atoms with Gasteiger partial charge in [-0.1, -0.05) is 24.3 Å². The number of aromatic amines is 1. The van der Waals surface area contributed by atoms with Crippen LogP contribution in [-0.2, 0) is 18.9 Å². The van der Waals surface area contributed by atoms with Crippen molar-refractivity contribution in [1.82, 2.24) is 15.0 Å². The molecule has 194 valence electrons. The van der Waals surface area contributed by atoms with Crippen LogP contribution >= 0.6 is 0 Å². The fourth-order valence-corrected chi connectivity index (χ4v) is 4.46. The second kappa shape index (κ2) is 9.25. The molecular formula is C25H22F6N6. The van der Waals surface area contributed by atoms with Crippen LogP contribution in [0.4, 0.5) is 38.1 Å². The van der Waals surface area contributed by atoms with Crippen molar-refractivity contribution in [3.63, 3.8) is 0 Å². The number of rotatable bonds is 4. The molecule has 1 saturated heterocycles. The van der Waals surface area contributed by atoms with Crippen LogP contribution in [0.1, 0.15) is 16.7 Å². The summed E-state index contributed by atoms with van der Waals surface area (Å²) in [5.41, 5.74) is 6.35. The van der Waals surface area contributed by atoms with Gasteiger partial charge in [-0.25, -0.2) is 9.97 Å². The number of nitrogens with zero attached hydrogens (tertiary/aromatic N) is 4. The second-order valence-corrected chi connectivity index (χ2v) is 8.72. The van der Waals surface area contributed by atoms with Crippen molar-refractivity contribution in [2.75, 3.05) is 36.0 Å². The van der Waals surface area contributed by atoms with Crippen LogP contribution < -0.4 is 15.5 Å². The number of anilines is 2. The van der Waals surface area contributed by atoms with Crippen molar-refractivity contribution < 1.29 is 26.3 Å². The molecule has 0 unspecified atom stereocenters. The third-order valence-corrected chi connectivity index (χ3v) is 6.38. The Balaban J connectivity index is 1.46. The van der Waals surface area contributed by atoms with Gasteiger partial charge in [0.1, 0.15) is 5.82 Å². The van der Waals surface area contributed by atoms with Crippen molar-refractivity contribution in [2.24, 2.45) is 5.73 Å². The van der Waals surface area contributed by atoms with E-state index in [4.69, 9.17) is 5.73 Å². The van der Waals surface area contributed by atoms with Crippen LogP contribution in [-0.4, -0.2) is 41.1 Å². The Morgan fingerprint density at radius 1 is 0.865 bits per heavy atom. The summed E-state index contributed by atoms with van der Waals surface area (Å²) in [6.07, 6.45) is -7.78. The number of H-pyrrole nitrogens is 1. The third kappa shape index (κ3) is 4.93. The topological polar surface area (TPSA) is 74.1 Å². The number of benzene rings is 2. The Kier molecular flexibility index (Phi) is 6.22. The number of hydrogen-bond donors (Lipinski definition) is 2. The molecule has 12 heteroatoms. The van der Waals surface area contributed by atoms with E-state index in [1.54, 1.807) is 34.1 Å². The van der Waals surface area contributed by atoms with E-state index in [0.29, 0.717) is 42.2 Å². The summed E-state index contributed by atoms with van der Waals surface area (Å²) in [6, 6.07) is 11.2. The Morgan fingerprint density at radius 2 is 1.54 bits per heavy atom. The molecule has 5 rings (SSSR count). The summed E-state index contributed by atoms with van der Waals surface area (Å²) in [7, 11) is 0. The van der Waals surface area contributed by atoms with E-state index >= 15 is 0 Å². The highest BCUT2D eigenvalue weighted by Gasteiger charge is 2.36. The predicted molar refractivity (Wildman–Crippen MR) is 128 cm³/mol. The summed E-state index contributed by atoms with van der Waals surface area (Å²) in [5.74, 6) is 0.211. The van der Waals surface area contributed by atoms with Gasteiger partial charge in [-0.3, -0.25) is 0 Å². The Labute approximate surface area is 207 Å². The zero-order valence-corrected chi connectivity index (χ0v) is 19.4. The molecule has 0 radical (unpaired) electrons. The van der Waals surface area contributed by atoms with Gasteiger partial charge >= 0.3 is 12.4 Å². The molecule has 37 heavy (non-hydrogen) atoms. The fraction of sp³-hybridized carbons (Fsp3) is 0.280. The van der Waals surface area contributed by atoms with Gasteiger partial charge in [0.25, 0.3) is 0 Å². The van der Waals surface area contributed by atoms with Crippen LogP contribution in [0.3, 0.4) is 0 Å². The minimum Gasteiger partial charge on any atom is -0.353 e. The number of pyridine rings is 1. The molecule has 0 spiro atoms. The van der Waals surface area contributed by atoms with Gasteiger partial charge in [-0.15, -0.1) is 0 Å². The lowest BCUT2D eigenvalue weighted by molar-refractivity contribution is -0.138. The lowest BCUT2D eigenvalue weighted by atomic mass is 10.00. The Bertz CT molecular complexity index is 1400. The molecule has 0 saturated carbocycles. The molecule has 4 aromatic rings. The Hall–Kier alpha value is -3.80. The lowest BCUT2D eigenvalue weighted by Gasteiger charge is -2.36. The van der Waals surface area contributed by atoms with Crippen LogP contribution in [0.15, 0.2) is 54.7 Å². The molecule has 0 aliphatic carbocycles. The number of nitrogens with two attached hydrogens (primary N) is 1. The number of hydrogen-bond acceptors (Lipinski definition) is 5. The van der Waals surface area contributed by atoms with E-state index in [-0.39, 0.29) is 24.4 Å². The van der Waals surface area contributed by atoms with Crippen molar-refractivity contribution in [2.45, 2.75) is 18.9 Å². The summed E-state index contributed by atoms with van der Waals surface area (Å²) in [4.78, 5) is 14.9. The van der Waals surface area contributed by atoms with E-state index in [2.05, 4.69) is 15.0 Å². The van der Waals surface area contributed by atoms with Gasteiger partial charge in [-0.05, 0) is 35.4 Å². The van der Waals surface area contributed by atoms with Crippen molar-refractivity contribution in [3.05, 3.63) is 71.4 Å². The predicted octanol–water partition coefficient (Wildman–Crippen LogP) is 5.45. The SMILES string of the molecule is NCc1ccc(-c2cc(C(F)(F)F)cc3nc(N4CCN(c5ncccc5C(F)(F)F)CC4)[nH]c23)cc1. The summed E-state index contributed by atoms with van der Waals surface area (Å²) in [5, 5.41) is 0. The van der Waals surface area contributed by atoms with Gasteiger partial charge in [0.15, 0.2) is 0 Å². The maximum atomic E-state index is 13.7. The number of nitrogens with one attached hydrogen (secondary N) is 1. The molecule has 3 N–H and O–H groups in total. The quantitative estimate of drug-likeness (QED) is 0.350. The van der Waals surface area contributed by atoms with E-state index < -0.39 is 23.5 Å². The fourth-order valence-electron chi connectivity index (χ4n) is 4.46. The minimum absolute atomic E-state index is 0.141. The van der Waals surface area contributed by atoms with Crippen molar-refractivity contribution in [1.29, 1.82) is 0 Å². The number of imidazole rings is 1. The summed E-state index contributed by atoms with van der Waals surface area (Å²) < 4.78 is 81.2. The first-order valence-electron chi connectivity index (χ1n) is 11.5. The highest BCUT2D eigenvalue weighted by molar-refractivity contribution is 5.94. The van der Waals surface area contributed by atoms with Crippen LogP contribution in [0.5, 0.6) is 0 Å². The first-order chi connectivity index (χ1) is 17.5. The van der Waals surface area contributed by atoms with Crippen molar-refractivity contribution >= 4 is 22.8 Å². The molecular weight excluding hydrogens is 498 g/mol. The number of fused-ring (bicyclic) bond motifs is 1. The molecule has 1 fully saturated rings. The van der Waals surface area contributed by atoms with Gasteiger partial charge < -0.3 is 20.5 Å². The van der Waals surface area contributed by atoms with Gasteiger partial charge in [0.05, 0.1) is 22.2 Å². The second-order valence-electron chi connectivity index (χ2n) is 8.72. The zero-order valence-electron chi connectivity index (χ0n) is 19.4. The van der Waals surface area contributed by atoms with Crippen molar-refractivity contribution in [3.8, 4) is 11.1 Å². The van der Waals surface area contributed by atoms with Crippen LogP contribution in [0.25, 0.3) is 22.2 Å². The normalized spacial score (nSPS) is 15.0. The molecule has 2 aromatic heterocycles. The Morgan fingerprint density at radius 3 is 2.16 bits per heavy atom. The minimum atomic E-state index is -4.57. The van der Waals surface area contributed by atoms with Gasteiger partial charge in [0.2, 0.25) is 5.95 Å². The number of aromatic nitrogens is 3. The van der Waals surface area contributed by atoms with Gasteiger partial charge in [-0.2, -0.15) is 26.3 Å². The first-order valence-corrected chi connectivity index (χ1v) is 11.5. The molecule has 1 aliphatic heterocycles. The molecule has 6 nitrogen and oxygen atoms in total. The van der Waals surface area contributed by atoms with E-state index in [0.717, 1.165) is 23.8 Å². The smallest absolute Gasteiger partial charge is 0.353 e. The maximum Gasteiger partial charge on any atom is 0.419 e. The maximum absolute atomic E-state index is 13.7. The van der Waals surface area contributed by atoms with E-state index in [1.807, 2.05) is 0 Å².